The molecule has 188 valence electrons. The molecule has 1 aliphatic rings. The van der Waals surface area contributed by atoms with E-state index in [1.54, 1.807) is 38.4 Å². The van der Waals surface area contributed by atoms with E-state index in [0.29, 0.717) is 45.9 Å². The Hall–Kier alpha value is -4.79. The van der Waals surface area contributed by atoms with Gasteiger partial charge in [0.05, 0.1) is 38.6 Å². The summed E-state index contributed by atoms with van der Waals surface area (Å²) in [5, 5.41) is 7.33. The predicted molar refractivity (Wildman–Crippen MR) is 139 cm³/mol. The van der Waals surface area contributed by atoms with Crippen LogP contribution in [0.5, 0.6) is 17.2 Å². The minimum atomic E-state index is -0.546. The van der Waals surface area contributed by atoms with Crippen LogP contribution >= 0.6 is 0 Å². The Bertz CT molecular complexity index is 1460. The molecule has 1 aromatic heterocycles. The van der Waals surface area contributed by atoms with Gasteiger partial charge in [0.15, 0.2) is 0 Å². The molecule has 0 saturated carbocycles. The molecule has 1 unspecified atom stereocenters. The number of hydrogen-bond donors (Lipinski definition) is 1. The van der Waals surface area contributed by atoms with E-state index in [4.69, 9.17) is 23.7 Å². The van der Waals surface area contributed by atoms with Gasteiger partial charge in [-0.25, -0.2) is 4.79 Å². The van der Waals surface area contributed by atoms with Crippen LogP contribution in [-0.4, -0.2) is 37.5 Å². The molecule has 37 heavy (non-hydrogen) atoms. The number of carbonyl (C=O) groups excluding carboxylic acids is 1. The van der Waals surface area contributed by atoms with Gasteiger partial charge in [0, 0.05) is 11.3 Å². The number of carbonyl (C=O) groups is 1. The average molecular weight is 499 g/mol. The number of nitrogens with one attached hydrogen (secondary N) is 1. The first-order chi connectivity index (χ1) is 18.0. The molecule has 9 nitrogen and oxygen atoms in total. The summed E-state index contributed by atoms with van der Waals surface area (Å²) in [5.74, 6) is 2.75. The monoisotopic (exact) mass is 498 g/mol. The van der Waals surface area contributed by atoms with Crippen LogP contribution in [-0.2, 0) is 0 Å². The first kappa shape index (κ1) is 23.9. The lowest BCUT2D eigenvalue weighted by Gasteiger charge is -2.35. The molecule has 1 N–H and O–H groups in total. The lowest BCUT2D eigenvalue weighted by molar-refractivity contribution is 0.244. The SMILES string of the molecule is COc1ccc(N2C(=O)NC(c3cccc(OC)c3)C(c3nc(-c4cccc(OC)c4)no3)=C2C)cc1. The van der Waals surface area contributed by atoms with Crippen LogP contribution in [0, 0.1) is 0 Å². The van der Waals surface area contributed by atoms with Gasteiger partial charge in [-0.3, -0.25) is 4.90 Å². The highest BCUT2D eigenvalue weighted by Crippen LogP contribution is 2.40. The summed E-state index contributed by atoms with van der Waals surface area (Å²) in [4.78, 5) is 19.7. The summed E-state index contributed by atoms with van der Waals surface area (Å²) in [6, 6.07) is 21.4. The lowest BCUT2D eigenvalue weighted by Crippen LogP contribution is -2.46. The third kappa shape index (κ3) is 4.58. The Kier molecular flexibility index (Phi) is 6.51. The van der Waals surface area contributed by atoms with Crippen molar-refractivity contribution in [2.45, 2.75) is 13.0 Å². The van der Waals surface area contributed by atoms with E-state index in [-0.39, 0.29) is 6.03 Å². The molecule has 3 aromatic carbocycles. The fourth-order valence-electron chi connectivity index (χ4n) is 4.35. The number of anilines is 1. The minimum absolute atomic E-state index is 0.285. The van der Waals surface area contributed by atoms with Crippen molar-refractivity contribution in [3.63, 3.8) is 0 Å². The van der Waals surface area contributed by atoms with E-state index >= 15 is 0 Å². The van der Waals surface area contributed by atoms with E-state index in [9.17, 15) is 4.79 Å². The summed E-state index contributed by atoms with van der Waals surface area (Å²) in [7, 11) is 4.80. The van der Waals surface area contributed by atoms with Crippen molar-refractivity contribution in [1.82, 2.24) is 15.5 Å². The highest BCUT2D eigenvalue weighted by molar-refractivity contribution is 6.01. The highest BCUT2D eigenvalue weighted by atomic mass is 16.5. The van der Waals surface area contributed by atoms with Gasteiger partial charge in [-0.05, 0) is 61.0 Å². The molecule has 0 fully saturated rings. The lowest BCUT2D eigenvalue weighted by atomic mass is 9.94. The van der Waals surface area contributed by atoms with Crippen molar-refractivity contribution in [1.29, 1.82) is 0 Å². The van der Waals surface area contributed by atoms with Crippen LogP contribution in [0.25, 0.3) is 17.0 Å². The second kappa shape index (κ2) is 10.1. The predicted octanol–water partition coefficient (Wildman–Crippen LogP) is 5.46. The first-order valence-electron chi connectivity index (χ1n) is 11.6. The van der Waals surface area contributed by atoms with Crippen LogP contribution in [0.1, 0.15) is 24.4 Å². The Labute approximate surface area is 214 Å². The van der Waals surface area contributed by atoms with Gasteiger partial charge in [-0.15, -0.1) is 0 Å². The van der Waals surface area contributed by atoms with Gasteiger partial charge in [0.25, 0.3) is 5.89 Å². The molecule has 0 radical (unpaired) electrons. The maximum absolute atomic E-state index is 13.4. The number of nitrogens with zero attached hydrogens (tertiary/aromatic N) is 3. The van der Waals surface area contributed by atoms with E-state index < -0.39 is 6.04 Å². The van der Waals surface area contributed by atoms with Crippen LogP contribution in [0.3, 0.4) is 0 Å². The molecule has 9 heteroatoms. The number of hydrogen-bond acceptors (Lipinski definition) is 7. The van der Waals surface area contributed by atoms with Gasteiger partial charge in [0.1, 0.15) is 17.2 Å². The number of ether oxygens (including phenoxy) is 3. The largest absolute Gasteiger partial charge is 0.497 e. The second-order valence-electron chi connectivity index (χ2n) is 8.35. The van der Waals surface area contributed by atoms with Crippen molar-refractivity contribution in [3.05, 3.63) is 89.9 Å². The number of aromatic nitrogens is 2. The van der Waals surface area contributed by atoms with E-state index in [2.05, 4.69) is 10.5 Å². The standard InChI is InChI=1S/C28H26N4O5/c1-17-24(27-30-26(31-37-27)19-8-6-10-23(16-19)36-4)25(18-7-5-9-22(15-18)35-3)29-28(33)32(17)20-11-13-21(34-2)14-12-20/h5-16,25H,1-4H3,(H,29,33). The molecule has 0 spiro atoms. The summed E-state index contributed by atoms with van der Waals surface area (Å²) in [5.41, 5.74) is 3.56. The quantitative estimate of drug-likeness (QED) is 0.361. The third-order valence-corrected chi connectivity index (χ3v) is 6.23. The minimum Gasteiger partial charge on any atom is -0.497 e. The number of rotatable bonds is 7. The van der Waals surface area contributed by atoms with Crippen molar-refractivity contribution in [2.75, 3.05) is 26.2 Å². The number of urea groups is 1. The van der Waals surface area contributed by atoms with Crippen molar-refractivity contribution >= 4 is 17.3 Å². The number of benzene rings is 3. The molecular formula is C28H26N4O5. The normalized spacial score (nSPS) is 15.4. The Morgan fingerprint density at radius 3 is 2.24 bits per heavy atom. The van der Waals surface area contributed by atoms with Crippen LogP contribution in [0.15, 0.2) is 83.0 Å². The van der Waals surface area contributed by atoms with Gasteiger partial charge in [-0.2, -0.15) is 4.98 Å². The summed E-state index contributed by atoms with van der Waals surface area (Å²) in [6.07, 6.45) is 0. The van der Waals surface area contributed by atoms with Crippen LogP contribution in [0.4, 0.5) is 10.5 Å². The smallest absolute Gasteiger partial charge is 0.326 e. The van der Waals surface area contributed by atoms with E-state index in [1.165, 1.54) is 0 Å². The van der Waals surface area contributed by atoms with Gasteiger partial charge in [0.2, 0.25) is 5.82 Å². The van der Waals surface area contributed by atoms with Gasteiger partial charge < -0.3 is 24.1 Å². The Morgan fingerprint density at radius 1 is 0.865 bits per heavy atom. The number of allylic oxidation sites excluding steroid dienone is 1. The Morgan fingerprint density at radius 2 is 1.54 bits per heavy atom. The van der Waals surface area contributed by atoms with Gasteiger partial charge >= 0.3 is 6.03 Å². The van der Waals surface area contributed by atoms with Crippen molar-refractivity contribution in [3.8, 4) is 28.6 Å². The van der Waals surface area contributed by atoms with E-state index in [0.717, 1.165) is 11.1 Å². The first-order valence-corrected chi connectivity index (χ1v) is 11.6. The van der Waals surface area contributed by atoms with E-state index in [1.807, 2.05) is 67.6 Å². The van der Waals surface area contributed by atoms with Crippen LogP contribution in [0.2, 0.25) is 0 Å². The number of methoxy groups -OCH3 is 3. The molecule has 1 atom stereocenters. The zero-order chi connectivity index (χ0) is 25.9. The second-order valence-corrected chi connectivity index (χ2v) is 8.35. The summed E-state index contributed by atoms with van der Waals surface area (Å²) >= 11 is 0. The fourth-order valence-corrected chi connectivity index (χ4v) is 4.35. The molecule has 4 aromatic rings. The summed E-state index contributed by atoms with van der Waals surface area (Å²) in [6.45, 7) is 1.86. The van der Waals surface area contributed by atoms with Crippen LogP contribution < -0.4 is 24.4 Å². The van der Waals surface area contributed by atoms with Crippen molar-refractivity contribution < 1.29 is 23.5 Å². The zero-order valence-electron chi connectivity index (χ0n) is 20.9. The fraction of sp³-hybridized carbons (Fsp3) is 0.179. The molecule has 2 heterocycles. The topological polar surface area (TPSA) is 99.0 Å². The molecule has 0 saturated heterocycles. The average Bonchev–Trinajstić information content (AvgIpc) is 3.43. The molecular weight excluding hydrogens is 472 g/mol. The Balaban J connectivity index is 1.64. The molecule has 0 aliphatic carbocycles. The third-order valence-electron chi connectivity index (χ3n) is 6.23. The van der Waals surface area contributed by atoms with Gasteiger partial charge in [-0.1, -0.05) is 29.4 Å². The number of amides is 2. The maximum atomic E-state index is 13.4. The zero-order valence-corrected chi connectivity index (χ0v) is 20.9. The molecule has 1 aliphatic heterocycles. The van der Waals surface area contributed by atoms with Crippen molar-refractivity contribution in [2.24, 2.45) is 0 Å². The highest BCUT2D eigenvalue weighted by Gasteiger charge is 2.36. The molecule has 2 amide bonds. The molecule has 0 bridgehead atoms. The maximum Gasteiger partial charge on any atom is 0.326 e. The molecule has 5 rings (SSSR count). The summed E-state index contributed by atoms with van der Waals surface area (Å²) < 4.78 is 21.8.